The van der Waals surface area contributed by atoms with Gasteiger partial charge in [-0.15, -0.1) is 0 Å². The van der Waals surface area contributed by atoms with Crippen LogP contribution in [0.2, 0.25) is 0 Å². The van der Waals surface area contributed by atoms with Gasteiger partial charge in [0.1, 0.15) is 17.2 Å². The summed E-state index contributed by atoms with van der Waals surface area (Å²) in [4.78, 5) is 37.4. The monoisotopic (exact) mass is 420 g/mol. The molecule has 3 N–H and O–H groups in total. The molecule has 1 heterocycles. The van der Waals surface area contributed by atoms with Crippen LogP contribution in [-0.2, 0) is 6.54 Å². The van der Waals surface area contributed by atoms with E-state index in [1.54, 1.807) is 18.2 Å². The van der Waals surface area contributed by atoms with Crippen molar-refractivity contribution in [2.75, 3.05) is 5.32 Å². The van der Waals surface area contributed by atoms with Gasteiger partial charge in [-0.1, -0.05) is 6.07 Å². The second-order valence-electron chi connectivity index (χ2n) is 7.66. The fraction of sp³-hybridized carbons (Fsp3) is 0.217. The summed E-state index contributed by atoms with van der Waals surface area (Å²) in [6, 6.07) is 12.0. The van der Waals surface area contributed by atoms with Gasteiger partial charge in [0.2, 0.25) is 5.91 Å². The van der Waals surface area contributed by atoms with Gasteiger partial charge in [0, 0.05) is 23.4 Å². The van der Waals surface area contributed by atoms with Gasteiger partial charge >= 0.3 is 0 Å². The van der Waals surface area contributed by atoms with E-state index < -0.39 is 17.3 Å². The van der Waals surface area contributed by atoms with Crippen molar-refractivity contribution in [3.8, 4) is 11.3 Å². The third-order valence-electron chi connectivity index (χ3n) is 5.17. The smallest absolute Gasteiger partial charge is 0.291 e. The van der Waals surface area contributed by atoms with Crippen molar-refractivity contribution in [3.63, 3.8) is 0 Å². The first-order valence-corrected chi connectivity index (χ1v) is 9.92. The summed E-state index contributed by atoms with van der Waals surface area (Å²) >= 11 is 0. The summed E-state index contributed by atoms with van der Waals surface area (Å²) in [6.45, 7) is 1.78. The molecule has 158 valence electrons. The minimum Gasteiger partial charge on any atom is -0.366 e. The van der Waals surface area contributed by atoms with Crippen molar-refractivity contribution in [2.45, 2.75) is 26.3 Å². The molecule has 1 aliphatic carbocycles. The lowest BCUT2D eigenvalue weighted by Gasteiger charge is -2.17. The Kier molecular flexibility index (Phi) is 5.37. The van der Waals surface area contributed by atoms with Gasteiger partial charge in [0.05, 0.1) is 5.56 Å². The number of ketones is 1. The number of aromatic nitrogens is 2. The van der Waals surface area contributed by atoms with E-state index in [-0.39, 0.29) is 22.6 Å². The van der Waals surface area contributed by atoms with Crippen molar-refractivity contribution in [3.05, 3.63) is 75.8 Å². The van der Waals surface area contributed by atoms with Crippen LogP contribution in [0.25, 0.3) is 11.3 Å². The molecule has 31 heavy (non-hydrogen) atoms. The number of primary amides is 1. The lowest BCUT2D eigenvalue weighted by atomic mass is 10.0. The molecule has 0 radical (unpaired) electrons. The van der Waals surface area contributed by atoms with E-state index in [0.29, 0.717) is 29.4 Å². The number of carbonyl (C=O) groups excluding carboxylic acids is 2. The SMILES string of the molecule is CC(=O)c1c(-c2ccc(F)cc2)nn(CC2CC2)c(=O)c1Nc1cccc(C(N)=O)c1. The highest BCUT2D eigenvalue weighted by molar-refractivity contribution is 6.05. The van der Waals surface area contributed by atoms with Crippen molar-refractivity contribution in [1.29, 1.82) is 0 Å². The maximum Gasteiger partial charge on any atom is 0.291 e. The lowest BCUT2D eigenvalue weighted by Crippen LogP contribution is -2.29. The van der Waals surface area contributed by atoms with E-state index in [1.165, 1.54) is 41.9 Å². The number of rotatable bonds is 7. The van der Waals surface area contributed by atoms with Crippen molar-refractivity contribution < 1.29 is 14.0 Å². The summed E-state index contributed by atoms with van der Waals surface area (Å²) < 4.78 is 14.8. The van der Waals surface area contributed by atoms with Crippen molar-refractivity contribution >= 4 is 23.1 Å². The molecule has 0 spiro atoms. The molecular formula is C23H21FN4O3. The first-order valence-electron chi connectivity index (χ1n) is 9.92. The average molecular weight is 420 g/mol. The quantitative estimate of drug-likeness (QED) is 0.569. The van der Waals surface area contributed by atoms with E-state index in [2.05, 4.69) is 10.4 Å². The second kappa shape index (κ2) is 8.14. The molecule has 0 bridgehead atoms. The topological polar surface area (TPSA) is 107 Å². The van der Waals surface area contributed by atoms with Gasteiger partial charge in [0.15, 0.2) is 5.78 Å². The highest BCUT2D eigenvalue weighted by atomic mass is 19.1. The summed E-state index contributed by atoms with van der Waals surface area (Å²) in [5.41, 5.74) is 6.59. The number of nitrogens with one attached hydrogen (secondary N) is 1. The molecule has 1 fully saturated rings. The van der Waals surface area contributed by atoms with Gasteiger partial charge in [-0.2, -0.15) is 5.10 Å². The first-order chi connectivity index (χ1) is 14.8. The highest BCUT2D eigenvalue weighted by Gasteiger charge is 2.27. The fourth-order valence-electron chi connectivity index (χ4n) is 3.40. The molecule has 4 rings (SSSR count). The van der Waals surface area contributed by atoms with Crippen LogP contribution in [0.4, 0.5) is 15.8 Å². The lowest BCUT2D eigenvalue weighted by molar-refractivity contribution is 0.0996. The minimum absolute atomic E-state index is 0.0593. The Labute approximate surface area is 177 Å². The van der Waals surface area contributed by atoms with Gasteiger partial charge in [-0.25, -0.2) is 9.07 Å². The molecule has 8 heteroatoms. The van der Waals surface area contributed by atoms with E-state index in [1.807, 2.05) is 0 Å². The van der Waals surface area contributed by atoms with Crippen molar-refractivity contribution in [1.82, 2.24) is 9.78 Å². The Morgan fingerprint density at radius 2 is 1.90 bits per heavy atom. The molecule has 3 aromatic rings. The molecule has 1 saturated carbocycles. The number of halogens is 1. The van der Waals surface area contributed by atoms with Gasteiger partial charge in [-0.05, 0) is 68.1 Å². The average Bonchev–Trinajstić information content (AvgIpc) is 3.55. The molecule has 0 aliphatic heterocycles. The fourth-order valence-corrected chi connectivity index (χ4v) is 3.40. The molecular weight excluding hydrogens is 399 g/mol. The van der Waals surface area contributed by atoms with Gasteiger partial charge in [-0.3, -0.25) is 14.4 Å². The maximum absolute atomic E-state index is 13.5. The third-order valence-corrected chi connectivity index (χ3v) is 5.17. The number of hydrogen-bond acceptors (Lipinski definition) is 5. The molecule has 1 amide bonds. The van der Waals surface area contributed by atoms with Crippen LogP contribution in [0, 0.1) is 11.7 Å². The molecule has 0 atom stereocenters. The zero-order valence-electron chi connectivity index (χ0n) is 16.9. The molecule has 1 aromatic heterocycles. The van der Waals surface area contributed by atoms with E-state index >= 15 is 0 Å². The maximum atomic E-state index is 13.5. The van der Waals surface area contributed by atoms with Crippen LogP contribution in [0.1, 0.15) is 40.5 Å². The Bertz CT molecular complexity index is 1230. The Hall–Kier alpha value is -3.81. The van der Waals surface area contributed by atoms with Crippen LogP contribution in [0.5, 0.6) is 0 Å². The number of Topliss-reactive ketones (excluding diaryl/α,β-unsaturated/α-hetero) is 1. The van der Waals surface area contributed by atoms with Crippen LogP contribution in [-0.4, -0.2) is 21.5 Å². The molecule has 2 aromatic carbocycles. The van der Waals surface area contributed by atoms with E-state index in [0.717, 1.165) is 12.8 Å². The highest BCUT2D eigenvalue weighted by Crippen LogP contribution is 2.32. The number of hydrogen-bond donors (Lipinski definition) is 2. The van der Waals surface area contributed by atoms with Gasteiger partial charge in [0.25, 0.3) is 5.56 Å². The Balaban J connectivity index is 1.91. The number of anilines is 2. The Morgan fingerprint density at radius 1 is 1.19 bits per heavy atom. The number of carbonyl (C=O) groups is 2. The van der Waals surface area contributed by atoms with Gasteiger partial charge < -0.3 is 11.1 Å². The molecule has 0 unspecified atom stereocenters. The number of benzene rings is 2. The Morgan fingerprint density at radius 3 is 2.52 bits per heavy atom. The normalized spacial score (nSPS) is 13.1. The van der Waals surface area contributed by atoms with E-state index in [4.69, 9.17) is 5.73 Å². The third kappa shape index (κ3) is 4.37. The van der Waals surface area contributed by atoms with Crippen LogP contribution >= 0.6 is 0 Å². The van der Waals surface area contributed by atoms with Crippen LogP contribution in [0.3, 0.4) is 0 Å². The largest absolute Gasteiger partial charge is 0.366 e. The zero-order chi connectivity index (χ0) is 22.1. The van der Waals surface area contributed by atoms with Crippen LogP contribution < -0.4 is 16.6 Å². The molecule has 7 nitrogen and oxygen atoms in total. The number of nitrogens with zero attached hydrogens (tertiary/aromatic N) is 2. The summed E-state index contributed by atoms with van der Waals surface area (Å²) in [6.07, 6.45) is 2.02. The predicted octanol–water partition coefficient (Wildman–Crippen LogP) is 3.50. The summed E-state index contributed by atoms with van der Waals surface area (Å²) in [5, 5.41) is 7.47. The predicted molar refractivity (Wildman–Crippen MR) is 115 cm³/mol. The first kappa shape index (κ1) is 20.5. The minimum atomic E-state index is -0.608. The summed E-state index contributed by atoms with van der Waals surface area (Å²) in [5.74, 6) is -1.03. The number of nitrogens with two attached hydrogens (primary N) is 1. The molecule has 0 saturated heterocycles. The second-order valence-corrected chi connectivity index (χ2v) is 7.66. The number of amides is 1. The molecule has 1 aliphatic rings. The standard InChI is InChI=1S/C23H21FN4O3/c1-13(29)19-20(15-7-9-17(24)10-8-15)27-28(12-14-5-6-14)23(31)21(19)26-18-4-2-3-16(11-18)22(25)30/h2-4,7-11,14,26H,5-6,12H2,1H3,(H2,25,30). The summed E-state index contributed by atoms with van der Waals surface area (Å²) in [7, 11) is 0. The zero-order valence-corrected chi connectivity index (χ0v) is 16.9. The van der Waals surface area contributed by atoms with Crippen molar-refractivity contribution in [2.24, 2.45) is 11.7 Å². The van der Waals surface area contributed by atoms with Crippen LogP contribution in [0.15, 0.2) is 53.3 Å². The van der Waals surface area contributed by atoms with E-state index in [9.17, 15) is 18.8 Å².